The van der Waals surface area contributed by atoms with E-state index in [1.165, 1.54) is 42.9 Å². The molecule has 2 aromatic rings. The molecule has 4 amide bonds. The molecule has 1 fully saturated rings. The SMILES string of the molecule is CC(C)C[C@H](NC(=O)C(Cc1ccc(F)cc1)NC(=O)c1cnccn1)C(=O)N[C@H](C=O)C[C@@H]1CCCNC1=O. The number of carbonyl (C=O) groups is 5. The van der Waals surface area contributed by atoms with Crippen molar-refractivity contribution in [2.24, 2.45) is 11.8 Å². The Morgan fingerprint density at radius 2 is 1.80 bits per heavy atom. The van der Waals surface area contributed by atoms with Gasteiger partial charge in [-0.1, -0.05) is 26.0 Å². The lowest BCUT2D eigenvalue weighted by molar-refractivity contribution is -0.132. The van der Waals surface area contributed by atoms with E-state index in [-0.39, 0.29) is 36.8 Å². The van der Waals surface area contributed by atoms with Crippen LogP contribution in [0.1, 0.15) is 55.6 Å². The first kappa shape index (κ1) is 30.3. The fourth-order valence-electron chi connectivity index (χ4n) is 4.49. The summed E-state index contributed by atoms with van der Waals surface area (Å²) in [5, 5.41) is 10.8. The van der Waals surface area contributed by atoms with E-state index in [9.17, 15) is 28.4 Å². The van der Waals surface area contributed by atoms with Crippen LogP contribution in [0.25, 0.3) is 0 Å². The Kier molecular flexibility index (Phi) is 11.2. The average molecular weight is 555 g/mol. The van der Waals surface area contributed by atoms with Crippen LogP contribution < -0.4 is 21.3 Å². The van der Waals surface area contributed by atoms with Crippen molar-refractivity contribution in [2.45, 2.75) is 64.1 Å². The second-order valence-corrected chi connectivity index (χ2v) is 10.3. The molecule has 12 heteroatoms. The number of hydrogen-bond donors (Lipinski definition) is 4. The quantitative estimate of drug-likeness (QED) is 0.270. The molecule has 0 bridgehead atoms. The summed E-state index contributed by atoms with van der Waals surface area (Å²) in [6.45, 7) is 4.34. The van der Waals surface area contributed by atoms with Crippen molar-refractivity contribution >= 4 is 29.9 Å². The highest BCUT2D eigenvalue weighted by atomic mass is 19.1. The van der Waals surface area contributed by atoms with Gasteiger partial charge in [-0.25, -0.2) is 9.37 Å². The molecule has 1 aromatic carbocycles. The monoisotopic (exact) mass is 554 g/mol. The predicted octanol–water partition coefficient (Wildman–Crippen LogP) is 1.09. The van der Waals surface area contributed by atoms with Gasteiger partial charge in [0.1, 0.15) is 29.9 Å². The third kappa shape index (κ3) is 9.21. The highest BCUT2D eigenvalue weighted by Gasteiger charge is 2.31. The summed E-state index contributed by atoms with van der Waals surface area (Å²) in [7, 11) is 0. The number of piperidine rings is 1. The lowest BCUT2D eigenvalue weighted by Gasteiger charge is -2.27. The van der Waals surface area contributed by atoms with Gasteiger partial charge in [-0.05, 0) is 49.3 Å². The molecule has 214 valence electrons. The molecule has 4 N–H and O–H groups in total. The molecular formula is C28H35FN6O5. The van der Waals surface area contributed by atoms with E-state index in [1.54, 1.807) is 0 Å². The van der Waals surface area contributed by atoms with Gasteiger partial charge in [0.2, 0.25) is 17.7 Å². The molecule has 0 aliphatic carbocycles. The fraction of sp³-hybridized carbons (Fsp3) is 0.464. The zero-order valence-electron chi connectivity index (χ0n) is 22.6. The highest BCUT2D eigenvalue weighted by molar-refractivity contribution is 5.97. The van der Waals surface area contributed by atoms with E-state index < -0.39 is 47.6 Å². The van der Waals surface area contributed by atoms with Crippen LogP contribution in [0.4, 0.5) is 4.39 Å². The van der Waals surface area contributed by atoms with E-state index in [2.05, 4.69) is 31.2 Å². The topological polar surface area (TPSA) is 159 Å². The average Bonchev–Trinajstić information content (AvgIpc) is 2.94. The standard InChI is InChI=1S/C28H35FN6O5/c1-17(2)12-22(26(38)33-21(16-36)14-19-4-3-9-32-25(19)37)34-27(39)23(13-18-5-7-20(29)8-6-18)35-28(40)24-15-30-10-11-31-24/h5-8,10-11,15-17,19,21-23H,3-4,9,12-14H2,1-2H3,(H,32,37)(H,33,38)(H,34,39)(H,35,40)/t19-,21-,22-,23?/m0/s1. The van der Waals surface area contributed by atoms with Crippen LogP contribution in [-0.4, -0.2) is 64.6 Å². The maximum absolute atomic E-state index is 13.5. The smallest absolute Gasteiger partial charge is 0.272 e. The number of aromatic nitrogens is 2. The molecule has 1 unspecified atom stereocenters. The van der Waals surface area contributed by atoms with E-state index in [0.717, 1.165) is 6.42 Å². The summed E-state index contributed by atoms with van der Waals surface area (Å²) in [4.78, 5) is 71.2. The first-order valence-electron chi connectivity index (χ1n) is 13.3. The minimum atomic E-state index is -1.13. The van der Waals surface area contributed by atoms with E-state index in [0.29, 0.717) is 24.8 Å². The number of rotatable bonds is 13. The summed E-state index contributed by atoms with van der Waals surface area (Å²) < 4.78 is 13.4. The van der Waals surface area contributed by atoms with Crippen molar-refractivity contribution in [2.75, 3.05) is 6.54 Å². The molecular weight excluding hydrogens is 519 g/mol. The van der Waals surface area contributed by atoms with Crippen LogP contribution in [-0.2, 0) is 25.6 Å². The predicted molar refractivity (Wildman–Crippen MR) is 143 cm³/mol. The van der Waals surface area contributed by atoms with Crippen molar-refractivity contribution < 1.29 is 28.4 Å². The van der Waals surface area contributed by atoms with Gasteiger partial charge in [0, 0.05) is 31.3 Å². The molecule has 1 saturated heterocycles. The summed E-state index contributed by atoms with van der Waals surface area (Å²) in [6.07, 6.45) is 6.43. The minimum Gasteiger partial charge on any atom is -0.356 e. The largest absolute Gasteiger partial charge is 0.356 e. The van der Waals surface area contributed by atoms with Crippen molar-refractivity contribution in [3.63, 3.8) is 0 Å². The van der Waals surface area contributed by atoms with Gasteiger partial charge in [0.05, 0.1) is 12.2 Å². The maximum Gasteiger partial charge on any atom is 0.272 e. The third-order valence-electron chi connectivity index (χ3n) is 6.54. The Morgan fingerprint density at radius 1 is 1.07 bits per heavy atom. The van der Waals surface area contributed by atoms with Gasteiger partial charge < -0.3 is 26.1 Å². The van der Waals surface area contributed by atoms with E-state index >= 15 is 0 Å². The summed E-state index contributed by atoms with van der Waals surface area (Å²) in [5.74, 6) is -2.85. The molecule has 1 aliphatic rings. The molecule has 40 heavy (non-hydrogen) atoms. The van der Waals surface area contributed by atoms with Crippen molar-refractivity contribution in [1.82, 2.24) is 31.2 Å². The van der Waals surface area contributed by atoms with Crippen molar-refractivity contribution in [1.29, 1.82) is 0 Å². The van der Waals surface area contributed by atoms with E-state index in [1.807, 2.05) is 13.8 Å². The van der Waals surface area contributed by atoms with Crippen molar-refractivity contribution in [3.8, 4) is 0 Å². The maximum atomic E-state index is 13.5. The zero-order valence-corrected chi connectivity index (χ0v) is 22.6. The normalized spacial score (nSPS) is 17.2. The number of hydrogen-bond acceptors (Lipinski definition) is 7. The summed E-state index contributed by atoms with van der Waals surface area (Å²) in [5.41, 5.74) is 0.578. The van der Waals surface area contributed by atoms with Gasteiger partial charge in [-0.3, -0.25) is 24.2 Å². The van der Waals surface area contributed by atoms with Crippen LogP contribution in [0.5, 0.6) is 0 Å². The number of nitrogens with zero attached hydrogens (tertiary/aromatic N) is 2. The third-order valence-corrected chi connectivity index (χ3v) is 6.54. The first-order chi connectivity index (χ1) is 19.2. The van der Waals surface area contributed by atoms with Crippen LogP contribution >= 0.6 is 0 Å². The number of benzene rings is 1. The fourth-order valence-corrected chi connectivity index (χ4v) is 4.49. The Balaban J connectivity index is 1.74. The highest BCUT2D eigenvalue weighted by Crippen LogP contribution is 2.17. The lowest BCUT2D eigenvalue weighted by Crippen LogP contribution is -2.56. The van der Waals surface area contributed by atoms with Gasteiger partial charge in [0.25, 0.3) is 5.91 Å². The molecule has 0 radical (unpaired) electrons. The Bertz CT molecular complexity index is 1180. The van der Waals surface area contributed by atoms with Gasteiger partial charge in [-0.2, -0.15) is 0 Å². The Hall–Kier alpha value is -4.22. The number of aldehydes is 1. The number of halogens is 1. The van der Waals surface area contributed by atoms with Crippen molar-refractivity contribution in [3.05, 3.63) is 59.9 Å². The molecule has 3 rings (SSSR count). The van der Waals surface area contributed by atoms with Gasteiger partial charge >= 0.3 is 0 Å². The minimum absolute atomic E-state index is 0.000383. The second-order valence-electron chi connectivity index (χ2n) is 10.3. The molecule has 2 heterocycles. The van der Waals surface area contributed by atoms with Crippen LogP contribution in [0.15, 0.2) is 42.9 Å². The first-order valence-corrected chi connectivity index (χ1v) is 13.3. The van der Waals surface area contributed by atoms with Crippen LogP contribution in [0.3, 0.4) is 0 Å². The van der Waals surface area contributed by atoms with Crippen LogP contribution in [0.2, 0.25) is 0 Å². The van der Waals surface area contributed by atoms with E-state index in [4.69, 9.17) is 0 Å². The van der Waals surface area contributed by atoms with Gasteiger partial charge in [0.15, 0.2) is 0 Å². The molecule has 11 nitrogen and oxygen atoms in total. The number of nitrogens with one attached hydrogen (secondary N) is 4. The van der Waals surface area contributed by atoms with Gasteiger partial charge in [-0.15, -0.1) is 0 Å². The summed E-state index contributed by atoms with van der Waals surface area (Å²) >= 11 is 0. The number of carbonyl (C=O) groups excluding carboxylic acids is 5. The molecule has 4 atom stereocenters. The van der Waals surface area contributed by atoms with Crippen LogP contribution in [0, 0.1) is 17.7 Å². The lowest BCUT2D eigenvalue weighted by atomic mass is 9.91. The molecule has 1 aliphatic heterocycles. The molecule has 0 spiro atoms. The molecule has 1 aromatic heterocycles. The summed E-state index contributed by atoms with van der Waals surface area (Å²) in [6, 6.07) is 2.44. The Labute approximate surface area is 232 Å². The Morgan fingerprint density at radius 3 is 2.42 bits per heavy atom. The zero-order chi connectivity index (χ0) is 29.1. The second kappa shape index (κ2) is 14.8. The number of amides is 4. The molecule has 0 saturated carbocycles.